The summed E-state index contributed by atoms with van der Waals surface area (Å²) in [5.74, 6) is 0. The van der Waals surface area contributed by atoms with Crippen molar-refractivity contribution in [2.24, 2.45) is 0 Å². The molecule has 0 aromatic carbocycles. The Balaban J connectivity index is 0. The van der Waals surface area contributed by atoms with E-state index in [-0.39, 0.29) is 64.4 Å². The molecule has 0 aromatic rings. The van der Waals surface area contributed by atoms with Gasteiger partial charge in [-0.05, 0) is 0 Å². The second kappa shape index (κ2) is 113. The second-order valence-electron chi connectivity index (χ2n) is 0. The Kier molecular flexibility index (Phi) is 3490. The average Bonchev–Trinajstić information content (AvgIpc) is 0. The van der Waals surface area contributed by atoms with Crippen molar-refractivity contribution in [3.05, 3.63) is 0 Å². The van der Waals surface area contributed by atoms with Crippen molar-refractivity contribution in [3.8, 4) is 0 Å². The fourth-order valence-corrected chi connectivity index (χ4v) is 0. The molecule has 0 amide bonds. The van der Waals surface area contributed by atoms with Gasteiger partial charge < -0.3 is 21.9 Å². The van der Waals surface area contributed by atoms with Gasteiger partial charge in [-0.15, -0.1) is 0 Å². The van der Waals surface area contributed by atoms with Gasteiger partial charge in [-0.3, -0.25) is 0 Å². The Hall–Kier alpha value is 1.23. The summed E-state index contributed by atoms with van der Waals surface area (Å²) in [7, 11) is 0. The van der Waals surface area contributed by atoms with Crippen LogP contribution in [0.2, 0.25) is 0 Å². The van der Waals surface area contributed by atoms with E-state index in [0.717, 1.165) is 0 Å². The van der Waals surface area contributed by atoms with Gasteiger partial charge in [-0.25, -0.2) is 0 Å². The summed E-state index contributed by atoms with van der Waals surface area (Å²) in [5, 5.41) is 0. The topological polar surface area (TPSA) is 120 Å². The van der Waals surface area contributed by atoms with Crippen LogP contribution in [0.3, 0.4) is 0 Å². The van der Waals surface area contributed by atoms with Crippen molar-refractivity contribution in [3.63, 3.8) is 0 Å². The van der Waals surface area contributed by atoms with Gasteiger partial charge >= 0.3 is 42.5 Å². The molecule has 0 aliphatic carbocycles. The van der Waals surface area contributed by atoms with E-state index >= 15 is 0 Å². The standard InChI is InChI=1S/Mg.4H2O.Zn/h;4*1H2;/q+2;;;;;+2/p-4. The molecule has 4 nitrogen and oxygen atoms in total. The van der Waals surface area contributed by atoms with E-state index in [2.05, 4.69) is 0 Å². The van der Waals surface area contributed by atoms with Crippen LogP contribution < -0.4 is 0 Å². The third kappa shape index (κ3) is 61.9. The minimum Gasteiger partial charge on any atom is -0.870 e. The molecule has 0 rings (SSSR count). The molecule has 0 bridgehead atoms. The average molecular weight is 158 g/mol. The van der Waals surface area contributed by atoms with Crippen molar-refractivity contribution in [1.82, 2.24) is 0 Å². The molecule has 0 unspecified atom stereocenters. The summed E-state index contributed by atoms with van der Waals surface area (Å²) in [4.78, 5) is 0. The van der Waals surface area contributed by atoms with E-state index in [1.165, 1.54) is 0 Å². The minimum atomic E-state index is 0. The van der Waals surface area contributed by atoms with Gasteiger partial charge in [0.05, 0.1) is 0 Å². The van der Waals surface area contributed by atoms with Crippen molar-refractivity contribution in [2.75, 3.05) is 0 Å². The molecule has 6 heteroatoms. The Morgan fingerprint density at radius 2 is 0.500 bits per heavy atom. The SMILES string of the molecule is [Mg+2].[OH-].[OH-].[OH-].[OH-].[Zn+2]. The van der Waals surface area contributed by atoms with E-state index in [1.54, 1.807) is 0 Å². The largest absolute Gasteiger partial charge is 2.00 e. The number of hydrogen-bond acceptors (Lipinski definition) is 4. The van der Waals surface area contributed by atoms with E-state index in [4.69, 9.17) is 0 Å². The zero-order valence-corrected chi connectivity index (χ0v) is 7.58. The van der Waals surface area contributed by atoms with Crippen LogP contribution in [0.5, 0.6) is 0 Å². The molecule has 0 heterocycles. The summed E-state index contributed by atoms with van der Waals surface area (Å²) >= 11 is 0. The van der Waals surface area contributed by atoms with Gasteiger partial charge in [-0.1, -0.05) is 0 Å². The Bertz CT molecular complexity index is 7.51. The Morgan fingerprint density at radius 3 is 0.500 bits per heavy atom. The maximum atomic E-state index is 0. The van der Waals surface area contributed by atoms with Gasteiger partial charge in [0.15, 0.2) is 0 Å². The van der Waals surface area contributed by atoms with Gasteiger partial charge in [0.2, 0.25) is 0 Å². The van der Waals surface area contributed by atoms with Crippen LogP contribution in [0.4, 0.5) is 0 Å². The first-order chi connectivity index (χ1) is 0. The third-order valence-electron chi connectivity index (χ3n) is 0. The van der Waals surface area contributed by atoms with Crippen LogP contribution in [-0.2, 0) is 19.5 Å². The van der Waals surface area contributed by atoms with Gasteiger partial charge in [0.1, 0.15) is 0 Å². The minimum absolute atomic E-state index is 0. The first-order valence-electron chi connectivity index (χ1n) is 0. The predicted molar refractivity (Wildman–Crippen MR) is 13.5 cm³/mol. The maximum Gasteiger partial charge on any atom is 2.00 e. The van der Waals surface area contributed by atoms with E-state index in [9.17, 15) is 0 Å². The second-order valence-corrected chi connectivity index (χ2v) is 0. The zero-order chi connectivity index (χ0) is 0. The first-order valence-corrected chi connectivity index (χ1v) is 0. The molecule has 32 valence electrons. The predicted octanol–water partition coefficient (Wildman–Crippen LogP) is -1.09. The van der Waals surface area contributed by atoms with Gasteiger partial charge in [0, 0.05) is 0 Å². The molecule has 0 saturated heterocycles. The molecule has 0 saturated carbocycles. The van der Waals surface area contributed by atoms with Crippen molar-refractivity contribution in [1.29, 1.82) is 0 Å². The number of rotatable bonds is 0. The normalized spacial score (nSPS) is 0. The van der Waals surface area contributed by atoms with E-state index in [0.29, 0.717) is 0 Å². The van der Waals surface area contributed by atoms with E-state index in [1.807, 2.05) is 0 Å². The summed E-state index contributed by atoms with van der Waals surface area (Å²) in [6, 6.07) is 0. The molecular formula is H4MgO4Zn. The zero-order valence-electron chi connectivity index (χ0n) is 3.20. The smallest absolute Gasteiger partial charge is 0.870 e. The Labute approximate surface area is 64.4 Å². The molecule has 0 aliphatic rings. The summed E-state index contributed by atoms with van der Waals surface area (Å²) in [6.07, 6.45) is 0. The number of hydrogen-bond donors (Lipinski definition) is 0. The molecule has 0 aliphatic heterocycles. The maximum absolute atomic E-state index is 0. The van der Waals surface area contributed by atoms with Crippen LogP contribution >= 0.6 is 0 Å². The van der Waals surface area contributed by atoms with Crippen LogP contribution in [0.25, 0.3) is 0 Å². The fourth-order valence-electron chi connectivity index (χ4n) is 0. The molecule has 6 heavy (non-hydrogen) atoms. The van der Waals surface area contributed by atoms with Crippen molar-refractivity contribution < 1.29 is 41.4 Å². The van der Waals surface area contributed by atoms with Gasteiger partial charge in [-0.2, -0.15) is 0 Å². The van der Waals surface area contributed by atoms with Gasteiger partial charge in [0.25, 0.3) is 0 Å². The Morgan fingerprint density at radius 1 is 0.500 bits per heavy atom. The summed E-state index contributed by atoms with van der Waals surface area (Å²) in [5.41, 5.74) is 0. The first kappa shape index (κ1) is 186. The quantitative estimate of drug-likeness (QED) is 0.415. The van der Waals surface area contributed by atoms with Crippen LogP contribution in [0, 0.1) is 0 Å². The third-order valence-corrected chi connectivity index (χ3v) is 0. The van der Waals surface area contributed by atoms with E-state index < -0.39 is 0 Å². The molecule has 4 N–H and O–H groups in total. The molecule has 0 radical (unpaired) electrons. The van der Waals surface area contributed by atoms with Crippen LogP contribution in [0.15, 0.2) is 0 Å². The summed E-state index contributed by atoms with van der Waals surface area (Å²) in [6.45, 7) is 0. The van der Waals surface area contributed by atoms with Crippen molar-refractivity contribution in [2.45, 2.75) is 0 Å². The van der Waals surface area contributed by atoms with Crippen LogP contribution in [-0.4, -0.2) is 45.0 Å². The van der Waals surface area contributed by atoms with Crippen LogP contribution in [0.1, 0.15) is 0 Å². The molecule has 0 aromatic heterocycles. The molecule has 0 spiro atoms. The summed E-state index contributed by atoms with van der Waals surface area (Å²) < 4.78 is 0. The van der Waals surface area contributed by atoms with Crippen molar-refractivity contribution >= 4 is 23.1 Å². The molecule has 0 atom stereocenters. The fraction of sp³-hybridized carbons (Fsp3) is 0. The molecular weight excluding hydrogens is 154 g/mol. The monoisotopic (exact) mass is 156 g/mol. The molecule has 0 fully saturated rings.